The average Bonchev–Trinajstić information content (AvgIpc) is 3.09. The molecule has 11 nitrogen and oxygen atoms in total. The van der Waals surface area contributed by atoms with Gasteiger partial charge in [-0.15, -0.1) is 0 Å². The Bertz CT molecular complexity index is 1410. The summed E-state index contributed by atoms with van der Waals surface area (Å²) in [6.45, 7) is 14.2. The van der Waals surface area contributed by atoms with Crippen LogP contribution in [0.5, 0.6) is 11.5 Å². The molecule has 0 heterocycles. The predicted octanol–water partition coefficient (Wildman–Crippen LogP) is 6.87. The van der Waals surface area contributed by atoms with Crippen molar-refractivity contribution in [2.75, 3.05) is 34.0 Å². The Morgan fingerprint density at radius 3 is 2.20 bits per heavy atom. The second-order valence-corrected chi connectivity index (χ2v) is 14.4. The molecule has 282 valence electrons. The summed E-state index contributed by atoms with van der Waals surface area (Å²) in [5, 5.41) is 15.4. The van der Waals surface area contributed by atoms with Crippen LogP contribution < -0.4 is 20.1 Å². The summed E-state index contributed by atoms with van der Waals surface area (Å²) < 4.78 is 28.3. The Morgan fingerprint density at radius 2 is 1.61 bits per heavy atom. The summed E-state index contributed by atoms with van der Waals surface area (Å²) in [4.78, 5) is 39.5. The monoisotopic (exact) mass is 709 g/mol. The molecule has 4 atom stereocenters. The molecule has 2 aromatic carbocycles. The van der Waals surface area contributed by atoms with E-state index in [4.69, 9.17) is 23.7 Å². The predicted molar refractivity (Wildman–Crippen MR) is 196 cm³/mol. The van der Waals surface area contributed by atoms with Gasteiger partial charge >= 0.3 is 12.1 Å². The van der Waals surface area contributed by atoms with Gasteiger partial charge in [0.15, 0.2) is 11.5 Å². The van der Waals surface area contributed by atoms with Crippen molar-refractivity contribution in [3.63, 3.8) is 0 Å². The summed E-state index contributed by atoms with van der Waals surface area (Å²) in [6.07, 6.45) is 0.464. The number of alkyl carbamates (subject to hydrolysis) is 1. The number of esters is 1. The van der Waals surface area contributed by atoms with E-state index in [0.29, 0.717) is 37.6 Å². The van der Waals surface area contributed by atoms with Crippen LogP contribution in [0, 0.1) is 40.4 Å². The molecule has 0 aliphatic carbocycles. The lowest BCUT2D eigenvalue weighted by atomic mass is 9.80. The topological polar surface area (TPSA) is 145 Å². The van der Waals surface area contributed by atoms with Gasteiger partial charge in [-0.05, 0) is 74.1 Å². The second kappa shape index (κ2) is 21.8. The highest BCUT2D eigenvalue weighted by molar-refractivity contribution is 5.79. The summed E-state index contributed by atoms with van der Waals surface area (Å²) in [6, 6.07) is 16.7. The Hall–Kier alpha value is -4.30. The molecule has 2 aromatic rings. The maximum Gasteiger partial charge on any atom is 0.407 e. The first kappa shape index (κ1) is 42.9. The number of amides is 2. The van der Waals surface area contributed by atoms with Crippen LogP contribution in [-0.2, 0) is 36.8 Å². The molecule has 0 aliphatic heterocycles. The Labute approximate surface area is 304 Å². The number of nitrogens with zero attached hydrogens (tertiary/aromatic N) is 1. The van der Waals surface area contributed by atoms with Crippen LogP contribution in [0.1, 0.15) is 78.9 Å². The molecule has 2 amide bonds. The van der Waals surface area contributed by atoms with E-state index in [0.717, 1.165) is 17.5 Å². The largest absolute Gasteiger partial charge is 0.493 e. The Kier molecular flexibility index (Phi) is 18.3. The highest BCUT2D eigenvalue weighted by Gasteiger charge is 2.36. The van der Waals surface area contributed by atoms with Crippen LogP contribution in [0.2, 0.25) is 0 Å². The van der Waals surface area contributed by atoms with Crippen molar-refractivity contribution >= 4 is 18.0 Å². The van der Waals surface area contributed by atoms with Crippen molar-refractivity contribution in [3.05, 3.63) is 59.7 Å². The van der Waals surface area contributed by atoms with E-state index >= 15 is 0 Å². The fourth-order valence-electron chi connectivity index (χ4n) is 5.70. The maximum atomic E-state index is 13.5. The molecular formula is C40H59N3O8. The first-order valence-electron chi connectivity index (χ1n) is 17.8. The summed E-state index contributed by atoms with van der Waals surface area (Å²) >= 11 is 0. The molecule has 0 radical (unpaired) electrons. The van der Waals surface area contributed by atoms with Gasteiger partial charge in [0.05, 0.1) is 31.2 Å². The van der Waals surface area contributed by atoms with E-state index in [2.05, 4.69) is 30.6 Å². The van der Waals surface area contributed by atoms with Gasteiger partial charge < -0.3 is 34.3 Å². The molecule has 2 N–H and O–H groups in total. The lowest BCUT2D eigenvalue weighted by Gasteiger charge is -2.34. The number of rotatable bonds is 22. The van der Waals surface area contributed by atoms with E-state index in [1.165, 1.54) is 6.92 Å². The third-order valence-electron chi connectivity index (χ3n) is 8.89. The molecule has 0 spiro atoms. The molecule has 11 heteroatoms. The SMILES string of the molecule is COCCCOc1cc(C[C@@H](C[C@H](NC(=O)OCc2ccccc2)[C@H](C[C@H](C(=O)NCC(C)(C)C#N)C(C)C)OC(C)=O)C(C)C)ccc1OC. The lowest BCUT2D eigenvalue weighted by molar-refractivity contribution is -0.150. The molecule has 2 rings (SSSR count). The van der Waals surface area contributed by atoms with Crippen molar-refractivity contribution in [1.29, 1.82) is 5.26 Å². The van der Waals surface area contributed by atoms with E-state index in [-0.39, 0.29) is 43.2 Å². The van der Waals surface area contributed by atoms with Crippen LogP contribution in [0.15, 0.2) is 48.5 Å². The van der Waals surface area contributed by atoms with Gasteiger partial charge in [0, 0.05) is 39.5 Å². The number of carbonyl (C=O) groups is 3. The van der Waals surface area contributed by atoms with Gasteiger partial charge in [-0.1, -0.05) is 64.1 Å². The quantitative estimate of drug-likeness (QED) is 0.0988. The van der Waals surface area contributed by atoms with Crippen molar-refractivity contribution in [3.8, 4) is 17.6 Å². The minimum atomic E-state index is -0.842. The van der Waals surface area contributed by atoms with Crippen LogP contribution in [-0.4, -0.2) is 64.1 Å². The Balaban J connectivity index is 2.44. The molecule has 0 aromatic heterocycles. The standard InChI is InChI=1S/C40H59N3O8/c1-27(2)32(20-31-16-17-35(48-9)37(21-31)49-19-13-18-47-8)22-34(43-39(46)50-24-30-14-11-10-12-15-30)36(51-29(5)44)23-33(28(3)4)38(45)42-26-40(6,7)25-41/h10-12,14-17,21,27-28,32-34,36H,13,18-20,22-24,26H2,1-9H3,(H,42,45)(H,43,46)/t32-,33-,34-,36-/m0/s1. The number of hydrogen-bond acceptors (Lipinski definition) is 9. The van der Waals surface area contributed by atoms with Gasteiger partial charge in [0.2, 0.25) is 5.91 Å². The number of hydrogen-bond donors (Lipinski definition) is 2. The first-order valence-corrected chi connectivity index (χ1v) is 17.8. The number of ether oxygens (including phenoxy) is 5. The second-order valence-electron chi connectivity index (χ2n) is 14.4. The zero-order valence-corrected chi connectivity index (χ0v) is 32.0. The summed E-state index contributed by atoms with van der Waals surface area (Å²) in [7, 11) is 3.26. The van der Waals surface area contributed by atoms with Gasteiger partial charge in [-0.3, -0.25) is 9.59 Å². The number of nitriles is 1. The van der Waals surface area contributed by atoms with Gasteiger partial charge in [-0.2, -0.15) is 5.26 Å². The van der Waals surface area contributed by atoms with E-state index in [1.54, 1.807) is 28.1 Å². The molecule has 0 bridgehead atoms. The van der Waals surface area contributed by atoms with Crippen LogP contribution in [0.25, 0.3) is 0 Å². The third kappa shape index (κ3) is 15.6. The third-order valence-corrected chi connectivity index (χ3v) is 8.89. The summed E-state index contributed by atoms with van der Waals surface area (Å²) in [5.74, 6) is -0.0120. The zero-order valence-electron chi connectivity index (χ0n) is 32.0. The zero-order chi connectivity index (χ0) is 38.0. The Morgan fingerprint density at radius 1 is 0.902 bits per heavy atom. The van der Waals surface area contributed by atoms with Crippen molar-refractivity contribution in [1.82, 2.24) is 10.6 Å². The fraction of sp³-hybridized carbons (Fsp3) is 0.600. The average molecular weight is 710 g/mol. The van der Waals surface area contributed by atoms with Gasteiger partial charge in [0.25, 0.3) is 0 Å². The van der Waals surface area contributed by atoms with E-state index in [9.17, 15) is 19.6 Å². The van der Waals surface area contributed by atoms with Crippen LogP contribution >= 0.6 is 0 Å². The van der Waals surface area contributed by atoms with E-state index < -0.39 is 35.5 Å². The number of benzene rings is 2. The normalized spacial score (nSPS) is 13.8. The fourth-order valence-corrected chi connectivity index (χ4v) is 5.70. The lowest BCUT2D eigenvalue weighted by Crippen LogP contribution is -2.49. The summed E-state index contributed by atoms with van der Waals surface area (Å²) in [5.41, 5.74) is 1.10. The molecule has 0 fully saturated rings. The van der Waals surface area contributed by atoms with Crippen LogP contribution in [0.3, 0.4) is 0 Å². The highest BCUT2D eigenvalue weighted by Crippen LogP contribution is 2.33. The van der Waals surface area contributed by atoms with Crippen molar-refractivity contribution < 1.29 is 38.1 Å². The molecule has 0 saturated heterocycles. The smallest absolute Gasteiger partial charge is 0.407 e. The number of carbonyl (C=O) groups excluding carboxylic acids is 3. The molecule has 0 aliphatic rings. The van der Waals surface area contributed by atoms with Crippen LogP contribution in [0.4, 0.5) is 4.79 Å². The molecule has 51 heavy (non-hydrogen) atoms. The molecule has 0 saturated carbocycles. The number of nitrogens with one attached hydrogen (secondary N) is 2. The molecule has 0 unspecified atom stereocenters. The van der Waals surface area contributed by atoms with Crippen molar-refractivity contribution in [2.45, 2.75) is 92.9 Å². The van der Waals surface area contributed by atoms with Gasteiger partial charge in [-0.25, -0.2) is 4.79 Å². The van der Waals surface area contributed by atoms with Crippen molar-refractivity contribution in [2.24, 2.45) is 29.1 Å². The first-order chi connectivity index (χ1) is 24.2. The van der Waals surface area contributed by atoms with Gasteiger partial charge in [0.1, 0.15) is 12.7 Å². The minimum Gasteiger partial charge on any atom is -0.493 e. The minimum absolute atomic E-state index is 0.0139. The highest BCUT2D eigenvalue weighted by atomic mass is 16.6. The maximum absolute atomic E-state index is 13.5. The molecular weight excluding hydrogens is 650 g/mol. The van der Waals surface area contributed by atoms with E-state index in [1.807, 2.05) is 62.4 Å². The number of methoxy groups -OCH3 is 2.